The van der Waals surface area contributed by atoms with Gasteiger partial charge in [-0.2, -0.15) is 0 Å². The summed E-state index contributed by atoms with van der Waals surface area (Å²) in [6, 6.07) is 10.4. The molecule has 2 aliphatic heterocycles. The van der Waals surface area contributed by atoms with Crippen molar-refractivity contribution in [3.8, 4) is 0 Å². The number of nitrogens with one attached hydrogen (secondary N) is 1. The molecule has 0 saturated carbocycles. The quantitative estimate of drug-likeness (QED) is 0.901. The average molecular weight is 272 g/mol. The van der Waals surface area contributed by atoms with E-state index in [1.165, 1.54) is 43.6 Å². The summed E-state index contributed by atoms with van der Waals surface area (Å²) in [5.41, 5.74) is 2.86. The highest BCUT2D eigenvalue weighted by Gasteiger charge is 2.34. The van der Waals surface area contributed by atoms with Crippen LogP contribution in [0.1, 0.15) is 56.7 Å². The third-order valence-electron chi connectivity index (χ3n) is 5.20. The minimum Gasteiger partial charge on any atom is -0.307 e. The Balaban J connectivity index is 1.62. The first-order chi connectivity index (χ1) is 9.63. The van der Waals surface area contributed by atoms with E-state index in [0.717, 1.165) is 5.92 Å². The molecule has 2 fully saturated rings. The smallest absolute Gasteiger partial charge is 0.0294 e. The number of hydrogen-bond donors (Lipinski definition) is 1. The molecule has 3 rings (SSSR count). The maximum absolute atomic E-state index is 3.88. The minimum absolute atomic E-state index is 0.466. The van der Waals surface area contributed by atoms with Crippen molar-refractivity contribution in [1.29, 1.82) is 0 Å². The van der Waals surface area contributed by atoms with E-state index in [1.54, 1.807) is 0 Å². The molecule has 4 unspecified atom stereocenters. The van der Waals surface area contributed by atoms with Gasteiger partial charge in [0.25, 0.3) is 0 Å². The van der Waals surface area contributed by atoms with Crippen LogP contribution in [0.3, 0.4) is 0 Å². The Labute approximate surface area is 123 Å². The molecule has 0 amide bonds. The van der Waals surface area contributed by atoms with Crippen molar-refractivity contribution >= 4 is 0 Å². The first-order valence-electron chi connectivity index (χ1n) is 8.21. The third-order valence-corrected chi connectivity index (χ3v) is 5.20. The fourth-order valence-corrected chi connectivity index (χ4v) is 3.76. The van der Waals surface area contributed by atoms with Gasteiger partial charge in [0.15, 0.2) is 0 Å². The largest absolute Gasteiger partial charge is 0.307 e. The van der Waals surface area contributed by atoms with Crippen molar-refractivity contribution in [2.75, 3.05) is 19.6 Å². The van der Waals surface area contributed by atoms with Crippen molar-refractivity contribution in [3.05, 3.63) is 35.4 Å². The molecule has 0 radical (unpaired) electrons. The number of piperidine rings is 1. The molecule has 0 aromatic heterocycles. The Morgan fingerprint density at radius 2 is 1.65 bits per heavy atom. The standard InChI is InChI=1S/C18H28N2/c1-13(2)15-4-6-16(7-5-15)14(3)19-18-9-11-20-10-8-17(18)12-20/h4-7,13-14,17-19H,8-12H2,1-3H3. The summed E-state index contributed by atoms with van der Waals surface area (Å²) in [6.07, 6.45) is 2.70. The Morgan fingerprint density at radius 1 is 1.00 bits per heavy atom. The Morgan fingerprint density at radius 3 is 2.35 bits per heavy atom. The highest BCUT2D eigenvalue weighted by atomic mass is 15.2. The molecule has 110 valence electrons. The summed E-state index contributed by atoms with van der Waals surface area (Å²) >= 11 is 0. The van der Waals surface area contributed by atoms with Gasteiger partial charge in [-0.1, -0.05) is 38.1 Å². The van der Waals surface area contributed by atoms with E-state index < -0.39 is 0 Å². The molecule has 2 nitrogen and oxygen atoms in total. The van der Waals surface area contributed by atoms with E-state index in [1.807, 2.05) is 0 Å². The fraction of sp³-hybridized carbons (Fsp3) is 0.667. The first-order valence-corrected chi connectivity index (χ1v) is 8.21. The van der Waals surface area contributed by atoms with Gasteiger partial charge >= 0.3 is 0 Å². The first kappa shape index (κ1) is 14.1. The zero-order valence-corrected chi connectivity index (χ0v) is 13.1. The Kier molecular flexibility index (Phi) is 4.13. The van der Waals surface area contributed by atoms with Crippen molar-refractivity contribution in [3.63, 3.8) is 0 Å². The van der Waals surface area contributed by atoms with E-state index in [2.05, 4.69) is 55.3 Å². The molecule has 1 aromatic rings. The van der Waals surface area contributed by atoms with Gasteiger partial charge in [0.1, 0.15) is 0 Å². The lowest BCUT2D eigenvalue weighted by Gasteiger charge is -2.33. The van der Waals surface area contributed by atoms with Gasteiger partial charge in [-0.15, -0.1) is 0 Å². The summed E-state index contributed by atoms with van der Waals surface area (Å²) < 4.78 is 0. The Bertz CT molecular complexity index is 437. The molecular formula is C18H28N2. The summed E-state index contributed by atoms with van der Waals surface area (Å²) in [5.74, 6) is 1.50. The van der Waals surface area contributed by atoms with Crippen molar-refractivity contribution in [2.24, 2.45) is 5.92 Å². The average Bonchev–Trinajstić information content (AvgIpc) is 2.85. The van der Waals surface area contributed by atoms with Gasteiger partial charge in [0, 0.05) is 18.6 Å². The van der Waals surface area contributed by atoms with E-state index in [0.29, 0.717) is 18.0 Å². The monoisotopic (exact) mass is 272 g/mol. The normalized spacial score (nSPS) is 30.7. The number of fused-ring (bicyclic) bond motifs is 2. The minimum atomic E-state index is 0.466. The van der Waals surface area contributed by atoms with Gasteiger partial charge in [-0.05, 0) is 55.8 Å². The lowest BCUT2D eigenvalue weighted by Crippen LogP contribution is -2.44. The van der Waals surface area contributed by atoms with Crippen LogP contribution in [-0.4, -0.2) is 30.6 Å². The number of nitrogens with zero attached hydrogens (tertiary/aromatic N) is 1. The van der Waals surface area contributed by atoms with Gasteiger partial charge < -0.3 is 10.2 Å². The van der Waals surface area contributed by atoms with E-state index in [9.17, 15) is 0 Å². The maximum atomic E-state index is 3.88. The molecule has 0 spiro atoms. The molecule has 20 heavy (non-hydrogen) atoms. The highest BCUT2D eigenvalue weighted by molar-refractivity contribution is 5.26. The van der Waals surface area contributed by atoms with Gasteiger partial charge in [-0.25, -0.2) is 0 Å². The zero-order chi connectivity index (χ0) is 14.1. The van der Waals surface area contributed by atoms with Crippen LogP contribution >= 0.6 is 0 Å². The molecule has 2 heteroatoms. The lowest BCUT2D eigenvalue weighted by molar-refractivity contribution is 0.212. The van der Waals surface area contributed by atoms with Crippen LogP contribution in [0.15, 0.2) is 24.3 Å². The van der Waals surface area contributed by atoms with E-state index in [-0.39, 0.29) is 0 Å². The van der Waals surface area contributed by atoms with Crippen LogP contribution in [0, 0.1) is 5.92 Å². The summed E-state index contributed by atoms with van der Waals surface area (Å²) in [6.45, 7) is 10.7. The van der Waals surface area contributed by atoms with Crippen LogP contribution < -0.4 is 5.32 Å². The van der Waals surface area contributed by atoms with Crippen LogP contribution in [-0.2, 0) is 0 Å². The van der Waals surface area contributed by atoms with Crippen LogP contribution in [0.4, 0.5) is 0 Å². The molecule has 2 saturated heterocycles. The topological polar surface area (TPSA) is 15.3 Å². The van der Waals surface area contributed by atoms with Gasteiger partial charge in [0.05, 0.1) is 0 Å². The molecule has 0 aliphatic carbocycles. The van der Waals surface area contributed by atoms with E-state index >= 15 is 0 Å². The fourth-order valence-electron chi connectivity index (χ4n) is 3.76. The van der Waals surface area contributed by atoms with E-state index in [4.69, 9.17) is 0 Å². The van der Waals surface area contributed by atoms with Gasteiger partial charge in [-0.3, -0.25) is 0 Å². The van der Waals surface area contributed by atoms with Gasteiger partial charge in [0.2, 0.25) is 0 Å². The maximum Gasteiger partial charge on any atom is 0.0294 e. The molecule has 2 aliphatic rings. The predicted molar refractivity (Wildman–Crippen MR) is 85.0 cm³/mol. The van der Waals surface area contributed by atoms with Crippen LogP contribution in [0.2, 0.25) is 0 Å². The predicted octanol–water partition coefficient (Wildman–Crippen LogP) is 3.55. The summed E-state index contributed by atoms with van der Waals surface area (Å²) in [7, 11) is 0. The zero-order valence-electron chi connectivity index (χ0n) is 13.1. The SMILES string of the molecule is CC(C)c1ccc(C(C)NC2CCN3CCC2C3)cc1. The lowest BCUT2D eigenvalue weighted by atomic mass is 9.92. The molecule has 1 aromatic carbocycles. The summed E-state index contributed by atoms with van der Waals surface area (Å²) in [5, 5.41) is 3.88. The van der Waals surface area contributed by atoms with Crippen LogP contribution in [0.5, 0.6) is 0 Å². The second-order valence-electron chi connectivity index (χ2n) is 6.95. The molecular weight excluding hydrogens is 244 g/mol. The third kappa shape index (κ3) is 2.91. The molecule has 2 bridgehead atoms. The summed E-state index contributed by atoms with van der Waals surface area (Å²) in [4.78, 5) is 2.62. The molecule has 2 heterocycles. The number of benzene rings is 1. The highest BCUT2D eigenvalue weighted by Crippen LogP contribution is 2.29. The van der Waals surface area contributed by atoms with Crippen molar-refractivity contribution in [1.82, 2.24) is 10.2 Å². The molecule has 4 atom stereocenters. The number of hydrogen-bond acceptors (Lipinski definition) is 2. The second-order valence-corrected chi connectivity index (χ2v) is 6.95. The van der Waals surface area contributed by atoms with Crippen molar-refractivity contribution in [2.45, 2.75) is 51.6 Å². The Hall–Kier alpha value is -0.860. The number of rotatable bonds is 4. The second kappa shape index (κ2) is 5.87. The van der Waals surface area contributed by atoms with Crippen LogP contribution in [0.25, 0.3) is 0 Å². The molecule has 1 N–H and O–H groups in total. The van der Waals surface area contributed by atoms with Crippen molar-refractivity contribution < 1.29 is 0 Å².